The molecule has 38 heavy (non-hydrogen) atoms. The second-order valence-corrected chi connectivity index (χ2v) is 12.6. The molecule has 0 bridgehead atoms. The number of carbonyl (C=O) groups excluding carboxylic acids is 1. The monoisotopic (exact) mass is 535 g/mol. The standard InChI is InChI=1S/C28H33N5O4S/c1-18-11-14-33(27(18,2)3)25-22(26(35)32-38(36,37)24-6-4-5-23(29)31-24)15-20(16-30-25)19-7-9-21(10-8-19)28(17-34)12-13-28/h4-10,15-16,18,34H,11-14,17H2,1-3H3,(H2,29,31)(H,32,35). The average Bonchev–Trinajstić information content (AvgIpc) is 3.65. The summed E-state index contributed by atoms with van der Waals surface area (Å²) in [6, 6.07) is 13.8. The van der Waals surface area contributed by atoms with Crippen LogP contribution >= 0.6 is 0 Å². The molecule has 1 unspecified atom stereocenters. The molecule has 2 aromatic heterocycles. The SMILES string of the molecule is CC1CCN(c2ncc(-c3ccc(C4(CO)CC4)cc3)cc2C(=O)NS(=O)(=O)c2cccc(N)n2)C1(C)C. The van der Waals surface area contributed by atoms with Crippen LogP contribution in [0, 0.1) is 5.92 Å². The van der Waals surface area contributed by atoms with E-state index in [9.17, 15) is 18.3 Å². The van der Waals surface area contributed by atoms with E-state index in [-0.39, 0.29) is 34.0 Å². The summed E-state index contributed by atoms with van der Waals surface area (Å²) in [5.74, 6) is 0.0389. The van der Waals surface area contributed by atoms with E-state index in [0.717, 1.165) is 30.4 Å². The summed E-state index contributed by atoms with van der Waals surface area (Å²) in [5.41, 5.74) is 8.01. The topological polar surface area (TPSA) is 139 Å². The lowest BCUT2D eigenvalue weighted by molar-refractivity contribution is 0.0981. The molecule has 3 heterocycles. The van der Waals surface area contributed by atoms with Gasteiger partial charge in [0.05, 0.1) is 12.2 Å². The number of nitrogens with one attached hydrogen (secondary N) is 1. The number of rotatable bonds is 7. The number of nitrogens with two attached hydrogens (primary N) is 1. The summed E-state index contributed by atoms with van der Waals surface area (Å²) in [4.78, 5) is 24.2. The minimum atomic E-state index is -4.27. The van der Waals surface area contributed by atoms with Crippen LogP contribution in [0.3, 0.4) is 0 Å². The molecule has 1 amide bonds. The summed E-state index contributed by atoms with van der Waals surface area (Å²) in [7, 11) is -4.27. The molecule has 10 heteroatoms. The van der Waals surface area contributed by atoms with Crippen molar-refractivity contribution in [3.63, 3.8) is 0 Å². The van der Waals surface area contributed by atoms with Gasteiger partial charge in [-0.2, -0.15) is 8.42 Å². The van der Waals surface area contributed by atoms with Gasteiger partial charge in [-0.25, -0.2) is 14.7 Å². The van der Waals surface area contributed by atoms with Crippen molar-refractivity contribution in [2.24, 2.45) is 5.92 Å². The molecule has 1 aliphatic carbocycles. The number of carbonyl (C=O) groups is 1. The van der Waals surface area contributed by atoms with Gasteiger partial charge in [-0.3, -0.25) is 4.79 Å². The molecule has 4 N–H and O–H groups in total. The van der Waals surface area contributed by atoms with Gasteiger partial charge in [-0.15, -0.1) is 0 Å². The van der Waals surface area contributed by atoms with Gasteiger partial charge in [0.25, 0.3) is 15.9 Å². The first kappa shape index (κ1) is 26.1. The first-order valence-corrected chi connectivity index (χ1v) is 14.2. The number of amides is 1. The van der Waals surface area contributed by atoms with Crippen LogP contribution in [0.25, 0.3) is 11.1 Å². The lowest BCUT2D eigenvalue weighted by atomic mass is 9.90. The van der Waals surface area contributed by atoms with Crippen molar-refractivity contribution in [2.75, 3.05) is 23.8 Å². The summed E-state index contributed by atoms with van der Waals surface area (Å²) in [5, 5.41) is 9.43. The average molecular weight is 536 g/mol. The Morgan fingerprint density at radius 1 is 1.16 bits per heavy atom. The number of sulfonamides is 1. The molecule has 1 saturated heterocycles. The predicted octanol–water partition coefficient (Wildman–Crippen LogP) is 3.49. The fourth-order valence-corrected chi connectivity index (χ4v) is 6.06. The van der Waals surface area contributed by atoms with Gasteiger partial charge < -0.3 is 15.7 Å². The van der Waals surface area contributed by atoms with Crippen LogP contribution in [0.15, 0.2) is 59.8 Å². The Bertz CT molecular complexity index is 1480. The van der Waals surface area contributed by atoms with Gasteiger partial charge in [-0.1, -0.05) is 37.3 Å². The fraction of sp³-hybridized carbons (Fsp3) is 0.393. The minimum Gasteiger partial charge on any atom is -0.395 e. The van der Waals surface area contributed by atoms with Crippen molar-refractivity contribution < 1.29 is 18.3 Å². The first-order chi connectivity index (χ1) is 18.0. The van der Waals surface area contributed by atoms with Crippen molar-refractivity contribution in [1.29, 1.82) is 0 Å². The Balaban J connectivity index is 1.53. The summed E-state index contributed by atoms with van der Waals surface area (Å²) in [6.45, 7) is 7.17. The van der Waals surface area contributed by atoms with Crippen LogP contribution in [0.4, 0.5) is 11.6 Å². The van der Waals surface area contributed by atoms with E-state index < -0.39 is 15.9 Å². The van der Waals surface area contributed by atoms with E-state index in [1.165, 1.54) is 18.2 Å². The van der Waals surface area contributed by atoms with Crippen molar-refractivity contribution >= 4 is 27.6 Å². The number of hydrogen-bond acceptors (Lipinski definition) is 8. The van der Waals surface area contributed by atoms with E-state index in [4.69, 9.17) is 10.7 Å². The third kappa shape index (κ3) is 4.63. The number of aliphatic hydroxyl groups excluding tert-OH is 1. The highest BCUT2D eigenvalue weighted by Crippen LogP contribution is 2.48. The molecule has 0 spiro atoms. The van der Waals surface area contributed by atoms with Crippen LogP contribution in [0.5, 0.6) is 0 Å². The second kappa shape index (κ2) is 9.36. The third-order valence-electron chi connectivity index (χ3n) is 8.29. The molecule has 2 fully saturated rings. The molecule has 1 aliphatic heterocycles. The maximum absolute atomic E-state index is 13.6. The van der Waals surface area contributed by atoms with Crippen molar-refractivity contribution in [1.82, 2.24) is 14.7 Å². The minimum absolute atomic E-state index is 0.0371. The number of aliphatic hydroxyl groups is 1. The zero-order valence-corrected chi connectivity index (χ0v) is 22.6. The number of nitrogen functional groups attached to an aromatic ring is 1. The maximum atomic E-state index is 13.6. The molecular weight excluding hydrogens is 502 g/mol. The van der Waals surface area contributed by atoms with Crippen molar-refractivity contribution in [3.8, 4) is 11.1 Å². The Hall–Kier alpha value is -3.50. The van der Waals surface area contributed by atoms with E-state index in [1.807, 2.05) is 24.3 Å². The molecule has 2 aliphatic rings. The van der Waals surface area contributed by atoms with Gasteiger partial charge in [0.1, 0.15) is 11.6 Å². The van der Waals surface area contributed by atoms with Gasteiger partial charge in [-0.05, 0) is 68.4 Å². The van der Waals surface area contributed by atoms with E-state index in [2.05, 4.69) is 35.4 Å². The highest BCUT2D eigenvalue weighted by Gasteiger charge is 2.43. The van der Waals surface area contributed by atoms with Gasteiger partial charge in [0.15, 0.2) is 5.03 Å². The quantitative estimate of drug-likeness (QED) is 0.418. The molecule has 9 nitrogen and oxygen atoms in total. The molecule has 1 atom stereocenters. The highest BCUT2D eigenvalue weighted by molar-refractivity contribution is 7.90. The molecule has 1 saturated carbocycles. The Morgan fingerprint density at radius 2 is 1.87 bits per heavy atom. The molecule has 200 valence electrons. The highest BCUT2D eigenvalue weighted by atomic mass is 32.2. The molecule has 5 rings (SSSR count). The van der Waals surface area contributed by atoms with Crippen molar-refractivity contribution in [3.05, 3.63) is 65.9 Å². The zero-order chi connectivity index (χ0) is 27.3. The molecule has 0 radical (unpaired) electrons. The van der Waals surface area contributed by atoms with Gasteiger partial charge in [0.2, 0.25) is 0 Å². The molecular formula is C28H33N5O4S. The van der Waals surface area contributed by atoms with Crippen LogP contribution in [-0.2, 0) is 15.4 Å². The Kier molecular flexibility index (Phi) is 6.43. The number of aromatic nitrogens is 2. The fourth-order valence-electron chi connectivity index (χ4n) is 5.12. The number of hydrogen-bond donors (Lipinski definition) is 3. The zero-order valence-electron chi connectivity index (χ0n) is 21.8. The third-order valence-corrected chi connectivity index (χ3v) is 9.52. The Morgan fingerprint density at radius 3 is 2.45 bits per heavy atom. The molecule has 3 aromatic rings. The van der Waals surface area contributed by atoms with E-state index in [1.54, 1.807) is 12.3 Å². The smallest absolute Gasteiger partial charge is 0.281 e. The second-order valence-electron chi connectivity index (χ2n) is 10.9. The first-order valence-electron chi connectivity index (χ1n) is 12.8. The van der Waals surface area contributed by atoms with Gasteiger partial charge >= 0.3 is 0 Å². The van der Waals surface area contributed by atoms with Crippen LogP contribution in [-0.4, -0.2) is 48.1 Å². The normalized spacial score (nSPS) is 19.8. The largest absolute Gasteiger partial charge is 0.395 e. The van der Waals surface area contributed by atoms with E-state index >= 15 is 0 Å². The number of anilines is 2. The number of benzene rings is 1. The summed E-state index contributed by atoms with van der Waals surface area (Å²) in [6.07, 6.45) is 4.57. The van der Waals surface area contributed by atoms with Gasteiger partial charge in [0, 0.05) is 29.3 Å². The van der Waals surface area contributed by atoms with E-state index in [0.29, 0.717) is 23.8 Å². The van der Waals surface area contributed by atoms with Crippen molar-refractivity contribution in [2.45, 2.75) is 56.0 Å². The van der Waals surface area contributed by atoms with Crippen LogP contribution < -0.4 is 15.4 Å². The Labute approximate surface area is 223 Å². The lowest BCUT2D eigenvalue weighted by Crippen LogP contribution is -2.43. The summed E-state index contributed by atoms with van der Waals surface area (Å²) < 4.78 is 28.2. The van der Waals surface area contributed by atoms with Crippen LogP contribution in [0.1, 0.15) is 56.0 Å². The predicted molar refractivity (Wildman–Crippen MR) is 146 cm³/mol. The molecule has 1 aromatic carbocycles. The maximum Gasteiger partial charge on any atom is 0.281 e. The number of nitrogens with zero attached hydrogens (tertiary/aromatic N) is 3. The number of pyridine rings is 2. The van der Waals surface area contributed by atoms with Crippen LogP contribution in [0.2, 0.25) is 0 Å². The summed E-state index contributed by atoms with van der Waals surface area (Å²) >= 11 is 0. The lowest BCUT2D eigenvalue weighted by Gasteiger charge is -2.36.